The molecule has 0 bridgehead atoms. The number of aliphatic carboxylic acids is 1. The lowest BCUT2D eigenvalue weighted by atomic mass is 10.1. The number of urea groups is 1. The van der Waals surface area contributed by atoms with Gasteiger partial charge in [0.05, 0.1) is 4.90 Å². The van der Waals surface area contributed by atoms with Crippen molar-refractivity contribution in [2.75, 3.05) is 5.32 Å². The second kappa shape index (κ2) is 6.55. The van der Waals surface area contributed by atoms with Gasteiger partial charge in [-0.1, -0.05) is 13.8 Å². The zero-order chi connectivity index (χ0) is 16.2. The lowest BCUT2D eigenvalue weighted by molar-refractivity contribution is -0.140. The fourth-order valence-corrected chi connectivity index (χ4v) is 2.07. The molecular weight excluding hydrogens is 298 g/mol. The van der Waals surface area contributed by atoms with Crippen LogP contribution < -0.4 is 15.8 Å². The van der Waals surface area contributed by atoms with Crippen LogP contribution in [0.3, 0.4) is 0 Å². The molecule has 0 fully saturated rings. The third-order valence-electron chi connectivity index (χ3n) is 2.66. The van der Waals surface area contributed by atoms with E-state index in [9.17, 15) is 18.0 Å². The van der Waals surface area contributed by atoms with Crippen molar-refractivity contribution in [1.29, 1.82) is 0 Å². The van der Waals surface area contributed by atoms with Crippen LogP contribution in [-0.4, -0.2) is 31.6 Å². The summed E-state index contributed by atoms with van der Waals surface area (Å²) in [6.07, 6.45) is 0. The van der Waals surface area contributed by atoms with Crippen LogP contribution >= 0.6 is 0 Å². The van der Waals surface area contributed by atoms with Crippen molar-refractivity contribution in [1.82, 2.24) is 5.32 Å². The number of nitrogens with two attached hydrogens (primary N) is 1. The molecule has 5 N–H and O–H groups in total. The zero-order valence-electron chi connectivity index (χ0n) is 11.5. The van der Waals surface area contributed by atoms with E-state index in [1.165, 1.54) is 24.3 Å². The molecule has 0 saturated carbocycles. The number of hydrogen-bond donors (Lipinski definition) is 4. The zero-order valence-corrected chi connectivity index (χ0v) is 12.3. The first-order valence-electron chi connectivity index (χ1n) is 6.04. The lowest BCUT2D eigenvalue weighted by Gasteiger charge is -2.18. The van der Waals surface area contributed by atoms with E-state index in [-0.39, 0.29) is 10.8 Å². The predicted molar refractivity (Wildman–Crippen MR) is 76.2 cm³/mol. The van der Waals surface area contributed by atoms with Crippen LogP contribution in [-0.2, 0) is 14.8 Å². The molecule has 0 aliphatic carbocycles. The molecule has 0 aliphatic rings. The third-order valence-corrected chi connectivity index (χ3v) is 3.59. The van der Waals surface area contributed by atoms with E-state index in [1.807, 2.05) is 0 Å². The molecule has 0 aliphatic heterocycles. The second-order valence-corrected chi connectivity index (χ2v) is 6.29. The summed E-state index contributed by atoms with van der Waals surface area (Å²) in [4.78, 5) is 22.6. The minimum absolute atomic E-state index is 0.0842. The van der Waals surface area contributed by atoms with Gasteiger partial charge in [-0.15, -0.1) is 0 Å². The molecule has 0 radical (unpaired) electrons. The second-order valence-electron chi connectivity index (χ2n) is 4.73. The lowest BCUT2D eigenvalue weighted by Crippen LogP contribution is -2.46. The van der Waals surface area contributed by atoms with Gasteiger partial charge in [-0.3, -0.25) is 0 Å². The van der Waals surface area contributed by atoms with Crippen molar-refractivity contribution < 1.29 is 23.1 Å². The summed E-state index contributed by atoms with van der Waals surface area (Å²) in [7, 11) is -3.80. The molecule has 0 heterocycles. The summed E-state index contributed by atoms with van der Waals surface area (Å²) in [5, 5.41) is 18.6. The average molecular weight is 315 g/mol. The molecule has 21 heavy (non-hydrogen) atoms. The summed E-state index contributed by atoms with van der Waals surface area (Å²) in [5.74, 6) is -1.41. The van der Waals surface area contributed by atoms with Gasteiger partial charge in [-0.2, -0.15) is 0 Å². The van der Waals surface area contributed by atoms with Crippen LogP contribution in [0, 0.1) is 5.92 Å². The van der Waals surface area contributed by atoms with Crippen LogP contribution in [0.15, 0.2) is 29.2 Å². The third kappa shape index (κ3) is 5.04. The number of hydrogen-bond acceptors (Lipinski definition) is 4. The van der Waals surface area contributed by atoms with E-state index in [2.05, 4.69) is 10.6 Å². The predicted octanol–water partition coefficient (Wildman–Crippen LogP) is 0.565. The standard InChI is InChI=1S/C12H17N3O5S/c1-7(2)10(11(16)17)15-12(18)14-8-3-5-9(6-4-8)21(13,19)20/h3-7,10H,1-2H3,(H,16,17)(H2,13,19,20)(H2,14,15,18)/t10-/m0/s1. The molecule has 8 nitrogen and oxygen atoms in total. The highest BCUT2D eigenvalue weighted by atomic mass is 32.2. The summed E-state index contributed by atoms with van der Waals surface area (Å²) in [5.41, 5.74) is 0.313. The highest BCUT2D eigenvalue weighted by Gasteiger charge is 2.23. The van der Waals surface area contributed by atoms with Crippen molar-refractivity contribution in [3.05, 3.63) is 24.3 Å². The molecule has 9 heteroatoms. The average Bonchev–Trinajstić information content (AvgIpc) is 2.34. The molecule has 1 rings (SSSR count). The van der Waals surface area contributed by atoms with E-state index >= 15 is 0 Å². The van der Waals surface area contributed by atoms with E-state index in [1.54, 1.807) is 13.8 Å². The van der Waals surface area contributed by atoms with E-state index in [0.29, 0.717) is 5.69 Å². The van der Waals surface area contributed by atoms with E-state index < -0.39 is 28.1 Å². The number of carbonyl (C=O) groups excluding carboxylic acids is 1. The van der Waals surface area contributed by atoms with Gasteiger partial charge < -0.3 is 15.7 Å². The fourth-order valence-electron chi connectivity index (χ4n) is 1.55. The van der Waals surface area contributed by atoms with Crippen LogP contribution in [0.25, 0.3) is 0 Å². The molecule has 1 atom stereocenters. The van der Waals surface area contributed by atoms with Crippen molar-refractivity contribution in [2.24, 2.45) is 11.1 Å². The Labute approximate surface area is 122 Å². The van der Waals surface area contributed by atoms with Crippen LogP contribution in [0.1, 0.15) is 13.8 Å². The number of amides is 2. The summed E-state index contributed by atoms with van der Waals surface area (Å²) < 4.78 is 22.1. The number of anilines is 1. The number of rotatable bonds is 5. The first kappa shape index (κ1) is 16.9. The molecule has 1 aromatic rings. The molecular formula is C12H17N3O5S. The highest BCUT2D eigenvalue weighted by molar-refractivity contribution is 7.89. The number of benzene rings is 1. The molecule has 1 aromatic carbocycles. The Kier molecular flexibility index (Phi) is 5.28. The van der Waals surface area contributed by atoms with Gasteiger partial charge in [0.2, 0.25) is 10.0 Å². The number of primary sulfonamides is 1. The van der Waals surface area contributed by atoms with E-state index in [4.69, 9.17) is 10.2 Å². The molecule has 0 unspecified atom stereocenters. The van der Waals surface area contributed by atoms with Crippen molar-refractivity contribution >= 4 is 27.7 Å². The van der Waals surface area contributed by atoms with Crippen molar-refractivity contribution in [2.45, 2.75) is 24.8 Å². The summed E-state index contributed by atoms with van der Waals surface area (Å²) in [6, 6.07) is 3.46. The first-order chi connectivity index (χ1) is 9.61. The van der Waals surface area contributed by atoms with Gasteiger partial charge in [0, 0.05) is 5.69 Å². The minimum Gasteiger partial charge on any atom is -0.480 e. The highest BCUT2D eigenvalue weighted by Crippen LogP contribution is 2.12. The Bertz CT molecular complexity index is 625. The number of carboxylic acids is 1. The molecule has 0 aromatic heterocycles. The van der Waals surface area contributed by atoms with Crippen LogP contribution in [0.2, 0.25) is 0 Å². The molecule has 116 valence electrons. The fraction of sp³-hybridized carbons (Fsp3) is 0.333. The van der Waals surface area contributed by atoms with Gasteiger partial charge >= 0.3 is 12.0 Å². The Hall–Kier alpha value is -2.13. The monoisotopic (exact) mass is 315 g/mol. The van der Waals surface area contributed by atoms with Crippen LogP contribution in [0.5, 0.6) is 0 Å². The van der Waals surface area contributed by atoms with E-state index in [0.717, 1.165) is 0 Å². The van der Waals surface area contributed by atoms with Crippen molar-refractivity contribution in [3.63, 3.8) is 0 Å². The quantitative estimate of drug-likeness (QED) is 0.629. The summed E-state index contributed by atoms with van der Waals surface area (Å²) >= 11 is 0. The minimum atomic E-state index is -3.80. The van der Waals surface area contributed by atoms with Gasteiger partial charge in [0.25, 0.3) is 0 Å². The largest absolute Gasteiger partial charge is 0.480 e. The Morgan fingerprint density at radius 1 is 1.19 bits per heavy atom. The van der Waals surface area contributed by atoms with Gasteiger partial charge in [-0.05, 0) is 30.2 Å². The van der Waals surface area contributed by atoms with Gasteiger partial charge in [-0.25, -0.2) is 23.1 Å². The Morgan fingerprint density at radius 2 is 1.71 bits per heavy atom. The topological polar surface area (TPSA) is 139 Å². The molecule has 0 spiro atoms. The maximum atomic E-state index is 11.7. The first-order valence-corrected chi connectivity index (χ1v) is 7.59. The molecule has 2 amide bonds. The smallest absolute Gasteiger partial charge is 0.326 e. The maximum Gasteiger partial charge on any atom is 0.326 e. The number of nitrogens with one attached hydrogen (secondary N) is 2. The van der Waals surface area contributed by atoms with Crippen LogP contribution in [0.4, 0.5) is 10.5 Å². The Balaban J connectivity index is 2.73. The van der Waals surface area contributed by atoms with Gasteiger partial charge in [0.1, 0.15) is 6.04 Å². The molecule has 0 saturated heterocycles. The number of sulfonamides is 1. The van der Waals surface area contributed by atoms with Crippen molar-refractivity contribution in [3.8, 4) is 0 Å². The Morgan fingerprint density at radius 3 is 2.10 bits per heavy atom. The summed E-state index contributed by atoms with van der Waals surface area (Å²) in [6.45, 7) is 3.33. The maximum absolute atomic E-state index is 11.7. The number of carboxylic acid groups (broad SMARTS) is 1. The normalized spacial score (nSPS) is 12.8. The number of carbonyl (C=O) groups is 2. The SMILES string of the molecule is CC(C)[C@H](NC(=O)Nc1ccc(S(N)(=O)=O)cc1)C(=O)O. The van der Waals surface area contributed by atoms with Gasteiger partial charge in [0.15, 0.2) is 0 Å².